The van der Waals surface area contributed by atoms with Crippen LogP contribution in [-0.4, -0.2) is 27.2 Å². The van der Waals surface area contributed by atoms with Crippen molar-refractivity contribution in [3.8, 4) is 17.2 Å². The van der Waals surface area contributed by atoms with Crippen molar-refractivity contribution in [2.45, 2.75) is 6.18 Å². The number of hydrogen-bond acceptors (Lipinski definition) is 4. The molecule has 0 radical (unpaired) electrons. The van der Waals surface area contributed by atoms with Gasteiger partial charge in [0.15, 0.2) is 11.5 Å². The molecule has 1 amide bonds. The fourth-order valence-electron chi connectivity index (χ4n) is 2.26. The number of ether oxygens (including phenoxy) is 3. The predicted molar refractivity (Wildman–Crippen MR) is 90.5 cm³/mol. The molecule has 0 aliphatic rings. The first kappa shape index (κ1) is 19.7. The van der Waals surface area contributed by atoms with Crippen molar-refractivity contribution in [3.63, 3.8) is 0 Å². The van der Waals surface area contributed by atoms with Crippen molar-refractivity contribution in [1.82, 2.24) is 0 Å². The van der Waals surface area contributed by atoms with Gasteiger partial charge in [-0.05, 0) is 18.2 Å². The van der Waals surface area contributed by atoms with E-state index in [4.69, 9.17) is 25.8 Å². The molecule has 2 aromatic rings. The molecule has 5 nitrogen and oxygen atoms in total. The topological polar surface area (TPSA) is 56.8 Å². The van der Waals surface area contributed by atoms with Gasteiger partial charge in [0.05, 0.1) is 38.1 Å². The number of alkyl halides is 3. The third-order valence-corrected chi connectivity index (χ3v) is 3.72. The zero-order chi connectivity index (χ0) is 19.5. The summed E-state index contributed by atoms with van der Waals surface area (Å²) in [6, 6.07) is 5.79. The Kier molecular flexibility index (Phi) is 5.86. The van der Waals surface area contributed by atoms with Crippen LogP contribution in [-0.2, 0) is 6.18 Å². The first-order chi connectivity index (χ1) is 12.2. The summed E-state index contributed by atoms with van der Waals surface area (Å²) in [5.41, 5.74) is -1.50. The first-order valence-corrected chi connectivity index (χ1v) is 7.57. The Morgan fingerprint density at radius 2 is 1.54 bits per heavy atom. The largest absolute Gasteiger partial charge is 0.496 e. The maximum atomic E-state index is 13.2. The van der Waals surface area contributed by atoms with E-state index in [1.807, 2.05) is 0 Å². The third-order valence-electron chi connectivity index (χ3n) is 3.49. The number of carbonyl (C=O) groups is 1. The second-order valence-electron chi connectivity index (χ2n) is 5.05. The minimum absolute atomic E-state index is 0.0202. The molecule has 9 heteroatoms. The highest BCUT2D eigenvalue weighted by molar-refractivity contribution is 6.30. The summed E-state index contributed by atoms with van der Waals surface area (Å²) >= 11 is 5.63. The molecule has 0 saturated carbocycles. The van der Waals surface area contributed by atoms with E-state index in [0.717, 1.165) is 12.1 Å². The zero-order valence-corrected chi connectivity index (χ0v) is 14.8. The van der Waals surface area contributed by atoms with Crippen molar-refractivity contribution in [3.05, 3.63) is 46.5 Å². The molecule has 140 valence electrons. The van der Waals surface area contributed by atoms with Crippen LogP contribution in [0.25, 0.3) is 0 Å². The maximum absolute atomic E-state index is 13.2. The summed E-state index contributed by atoms with van der Waals surface area (Å²) < 4.78 is 54.9. The van der Waals surface area contributed by atoms with Gasteiger partial charge in [-0.1, -0.05) is 11.6 Å². The Bertz CT molecular complexity index is 824. The van der Waals surface area contributed by atoms with Gasteiger partial charge in [-0.15, -0.1) is 0 Å². The standard InChI is InChI=1S/C17H15ClF3NO4/c1-24-13-8-15(26-3)14(25-2)7-10(13)16(23)22-12-5-4-9(18)6-11(12)17(19,20)21/h4-8H,1-3H3,(H,22,23). The molecule has 2 aromatic carbocycles. The Morgan fingerprint density at radius 1 is 0.962 bits per heavy atom. The van der Waals surface area contributed by atoms with Crippen LogP contribution >= 0.6 is 11.6 Å². The number of anilines is 1. The lowest BCUT2D eigenvalue weighted by atomic mass is 10.1. The van der Waals surface area contributed by atoms with Crippen LogP contribution in [0.2, 0.25) is 5.02 Å². The number of hydrogen-bond donors (Lipinski definition) is 1. The fourth-order valence-corrected chi connectivity index (χ4v) is 2.43. The predicted octanol–water partition coefficient (Wildman–Crippen LogP) is 4.64. The molecule has 0 spiro atoms. The van der Waals surface area contributed by atoms with Crippen LogP contribution in [0.5, 0.6) is 17.2 Å². The van der Waals surface area contributed by atoms with Gasteiger partial charge in [0.2, 0.25) is 0 Å². The number of amides is 1. The third kappa shape index (κ3) is 4.13. The van der Waals surface area contributed by atoms with Crippen LogP contribution in [0.15, 0.2) is 30.3 Å². The van der Waals surface area contributed by atoms with Gasteiger partial charge in [-0.3, -0.25) is 4.79 Å². The first-order valence-electron chi connectivity index (χ1n) is 7.19. The van der Waals surface area contributed by atoms with Crippen LogP contribution < -0.4 is 19.5 Å². The number of methoxy groups -OCH3 is 3. The summed E-state index contributed by atoms with van der Waals surface area (Å²) in [6.07, 6.45) is -4.69. The molecule has 0 unspecified atom stereocenters. The van der Waals surface area contributed by atoms with Crippen molar-refractivity contribution >= 4 is 23.2 Å². The lowest BCUT2D eigenvalue weighted by molar-refractivity contribution is -0.136. The minimum atomic E-state index is -4.69. The number of halogens is 4. The molecular weight excluding hydrogens is 375 g/mol. The van der Waals surface area contributed by atoms with Crippen molar-refractivity contribution in [1.29, 1.82) is 0 Å². The van der Waals surface area contributed by atoms with Crippen molar-refractivity contribution < 1.29 is 32.2 Å². The Hall–Kier alpha value is -2.61. The smallest absolute Gasteiger partial charge is 0.418 e. The van der Waals surface area contributed by atoms with Crippen LogP contribution in [0, 0.1) is 0 Å². The highest BCUT2D eigenvalue weighted by Gasteiger charge is 2.34. The summed E-state index contributed by atoms with van der Waals surface area (Å²) in [5, 5.41) is 2.13. The number of carbonyl (C=O) groups excluding carboxylic acids is 1. The molecule has 26 heavy (non-hydrogen) atoms. The number of rotatable bonds is 5. The lowest BCUT2D eigenvalue weighted by Crippen LogP contribution is -2.17. The van der Waals surface area contributed by atoms with E-state index in [1.165, 1.54) is 39.5 Å². The summed E-state index contributed by atoms with van der Waals surface area (Å²) in [4.78, 5) is 12.5. The van der Waals surface area contributed by atoms with Gasteiger partial charge in [-0.25, -0.2) is 0 Å². The molecule has 2 rings (SSSR count). The van der Waals surface area contributed by atoms with Crippen LogP contribution in [0.3, 0.4) is 0 Å². The maximum Gasteiger partial charge on any atom is 0.418 e. The summed E-state index contributed by atoms with van der Waals surface area (Å²) in [5.74, 6) is -0.160. The second kappa shape index (κ2) is 7.74. The molecule has 0 bridgehead atoms. The Morgan fingerprint density at radius 3 is 2.08 bits per heavy atom. The van der Waals surface area contributed by atoms with Crippen LogP contribution in [0.1, 0.15) is 15.9 Å². The Balaban J connectivity index is 2.46. The fraction of sp³-hybridized carbons (Fsp3) is 0.235. The molecule has 0 heterocycles. The molecule has 0 aliphatic heterocycles. The van der Waals surface area contributed by atoms with Gasteiger partial charge in [0.25, 0.3) is 5.91 Å². The quantitative estimate of drug-likeness (QED) is 0.809. The molecular formula is C17H15ClF3NO4. The minimum Gasteiger partial charge on any atom is -0.496 e. The van der Waals surface area contributed by atoms with E-state index in [2.05, 4.69) is 5.32 Å². The molecule has 0 fully saturated rings. The highest BCUT2D eigenvalue weighted by Crippen LogP contribution is 2.38. The summed E-state index contributed by atoms with van der Waals surface area (Å²) in [6.45, 7) is 0. The molecule has 1 N–H and O–H groups in total. The average molecular weight is 390 g/mol. The molecule has 0 aliphatic carbocycles. The number of nitrogens with one attached hydrogen (secondary N) is 1. The average Bonchev–Trinajstić information content (AvgIpc) is 2.60. The van der Waals surface area contributed by atoms with E-state index < -0.39 is 23.3 Å². The SMILES string of the molecule is COc1cc(OC)c(C(=O)Nc2ccc(Cl)cc2C(F)(F)F)cc1OC. The van der Waals surface area contributed by atoms with Gasteiger partial charge in [0.1, 0.15) is 5.75 Å². The van der Waals surface area contributed by atoms with Crippen LogP contribution in [0.4, 0.5) is 18.9 Å². The summed E-state index contributed by atoms with van der Waals surface area (Å²) in [7, 11) is 4.09. The zero-order valence-electron chi connectivity index (χ0n) is 14.0. The molecule has 0 saturated heterocycles. The number of benzene rings is 2. The van der Waals surface area contributed by atoms with E-state index in [-0.39, 0.29) is 22.1 Å². The second-order valence-corrected chi connectivity index (χ2v) is 5.49. The monoisotopic (exact) mass is 389 g/mol. The van der Waals surface area contributed by atoms with Crippen molar-refractivity contribution in [2.75, 3.05) is 26.6 Å². The Labute approximate surface area is 152 Å². The van der Waals surface area contributed by atoms with Gasteiger partial charge < -0.3 is 19.5 Å². The highest BCUT2D eigenvalue weighted by atomic mass is 35.5. The lowest BCUT2D eigenvalue weighted by Gasteiger charge is -2.16. The van der Waals surface area contributed by atoms with Crippen molar-refractivity contribution in [2.24, 2.45) is 0 Å². The molecule has 0 aromatic heterocycles. The van der Waals surface area contributed by atoms with E-state index in [9.17, 15) is 18.0 Å². The van der Waals surface area contributed by atoms with E-state index in [1.54, 1.807) is 0 Å². The van der Waals surface area contributed by atoms with E-state index >= 15 is 0 Å². The van der Waals surface area contributed by atoms with Gasteiger partial charge in [-0.2, -0.15) is 13.2 Å². The van der Waals surface area contributed by atoms with E-state index in [0.29, 0.717) is 5.75 Å². The van der Waals surface area contributed by atoms with Gasteiger partial charge in [0, 0.05) is 17.2 Å². The normalized spacial score (nSPS) is 11.0. The van der Waals surface area contributed by atoms with Gasteiger partial charge >= 0.3 is 6.18 Å². The molecule has 0 atom stereocenters.